The summed E-state index contributed by atoms with van der Waals surface area (Å²) in [5, 5.41) is 0. The van der Waals surface area contributed by atoms with Gasteiger partial charge in [-0.2, -0.15) is 0 Å². The minimum Gasteiger partial charge on any atom is -0.465 e. The smallest absolute Gasteiger partial charge is 0.321 e. The van der Waals surface area contributed by atoms with Crippen molar-refractivity contribution in [1.29, 1.82) is 0 Å². The minimum absolute atomic E-state index is 0.213. The van der Waals surface area contributed by atoms with Crippen molar-refractivity contribution in [2.45, 2.75) is 32.8 Å². The number of ether oxygens (including phenoxy) is 2. The normalized spacial score (nSPS) is 27.2. The topological polar surface area (TPSA) is 52.6 Å². The van der Waals surface area contributed by atoms with Crippen LogP contribution in [0.3, 0.4) is 0 Å². The van der Waals surface area contributed by atoms with Crippen molar-refractivity contribution in [1.82, 2.24) is 0 Å². The molecule has 1 aliphatic rings. The van der Waals surface area contributed by atoms with E-state index >= 15 is 0 Å². The van der Waals surface area contributed by atoms with Crippen molar-refractivity contribution in [2.24, 2.45) is 11.8 Å². The number of carbonyl (C=O) groups excluding carboxylic acids is 2. The van der Waals surface area contributed by atoms with Gasteiger partial charge in [0.05, 0.1) is 6.61 Å². The van der Waals surface area contributed by atoms with E-state index in [2.05, 4.69) is 13.2 Å². The minimum atomic E-state index is -0.872. The fraction of sp³-hybridized carbons (Fsp3) is 0.571. The van der Waals surface area contributed by atoms with Crippen LogP contribution >= 0.6 is 0 Å². The second-order valence-corrected chi connectivity index (χ2v) is 4.50. The summed E-state index contributed by atoms with van der Waals surface area (Å²) in [6, 6.07) is 0. The predicted molar refractivity (Wildman–Crippen MR) is 67.7 cm³/mol. The second kappa shape index (κ2) is 6.38. The molecule has 100 valence electrons. The molecule has 4 heteroatoms. The number of hydrogen-bond donors (Lipinski definition) is 0. The van der Waals surface area contributed by atoms with Crippen LogP contribution in [0.1, 0.15) is 26.7 Å². The molecular weight excluding hydrogens is 232 g/mol. The highest BCUT2D eigenvalue weighted by Gasteiger charge is 2.43. The summed E-state index contributed by atoms with van der Waals surface area (Å²) < 4.78 is 10.2. The van der Waals surface area contributed by atoms with Crippen LogP contribution in [0, 0.1) is 11.8 Å². The third kappa shape index (κ3) is 3.22. The Hall–Kier alpha value is -1.58. The molecule has 0 aliphatic carbocycles. The Balaban J connectivity index is 2.88. The zero-order valence-electron chi connectivity index (χ0n) is 11.0. The molecule has 4 nitrogen and oxygen atoms in total. The van der Waals surface area contributed by atoms with Crippen molar-refractivity contribution in [2.75, 3.05) is 6.61 Å². The molecule has 1 saturated heterocycles. The Morgan fingerprint density at radius 1 is 1.61 bits per heavy atom. The number of carbonyl (C=O) groups is 2. The number of rotatable bonds is 5. The second-order valence-electron chi connectivity index (χ2n) is 4.50. The quantitative estimate of drug-likeness (QED) is 0.428. The van der Waals surface area contributed by atoms with E-state index in [9.17, 15) is 9.59 Å². The largest absolute Gasteiger partial charge is 0.465 e. The van der Waals surface area contributed by atoms with Gasteiger partial charge in [-0.15, -0.1) is 6.58 Å². The Morgan fingerprint density at radius 3 is 2.78 bits per heavy atom. The van der Waals surface area contributed by atoms with Gasteiger partial charge in [-0.25, -0.2) is 0 Å². The molecule has 1 aliphatic heterocycles. The summed E-state index contributed by atoms with van der Waals surface area (Å²) in [6.07, 6.45) is 2.67. The molecule has 0 aromatic heterocycles. The maximum atomic E-state index is 11.9. The first-order valence-electron chi connectivity index (χ1n) is 6.14. The zero-order valence-corrected chi connectivity index (χ0v) is 11.0. The molecule has 0 aromatic carbocycles. The summed E-state index contributed by atoms with van der Waals surface area (Å²) in [5.41, 5.74) is 0.804. The lowest BCUT2D eigenvalue weighted by Crippen LogP contribution is -2.43. The van der Waals surface area contributed by atoms with Gasteiger partial charge in [-0.1, -0.05) is 18.2 Å². The van der Waals surface area contributed by atoms with E-state index in [1.54, 1.807) is 13.0 Å². The van der Waals surface area contributed by atoms with Crippen LogP contribution in [0.4, 0.5) is 0 Å². The van der Waals surface area contributed by atoms with Gasteiger partial charge in [-0.3, -0.25) is 9.59 Å². The van der Waals surface area contributed by atoms with Crippen molar-refractivity contribution in [3.05, 3.63) is 24.8 Å². The molecule has 18 heavy (non-hydrogen) atoms. The Labute approximate surface area is 108 Å². The SMILES string of the molecule is C=CC[C@H]1C[C@@H](C(=C)C)C(C(=O)OCC)C(=O)O1. The fourth-order valence-electron chi connectivity index (χ4n) is 2.18. The van der Waals surface area contributed by atoms with Crippen molar-refractivity contribution < 1.29 is 19.1 Å². The Kier molecular flexibility index (Phi) is 5.13. The fourth-order valence-corrected chi connectivity index (χ4v) is 2.18. The van der Waals surface area contributed by atoms with Gasteiger partial charge in [-0.05, 0) is 20.3 Å². The van der Waals surface area contributed by atoms with E-state index in [1.165, 1.54) is 0 Å². The molecule has 3 atom stereocenters. The summed E-state index contributed by atoms with van der Waals surface area (Å²) in [6.45, 7) is 11.3. The van der Waals surface area contributed by atoms with Crippen LogP contribution in [0.2, 0.25) is 0 Å². The lowest BCUT2D eigenvalue weighted by Gasteiger charge is -2.33. The molecular formula is C14H20O4. The Bertz CT molecular complexity index is 359. The van der Waals surface area contributed by atoms with E-state index in [0.717, 1.165) is 5.57 Å². The molecule has 0 amide bonds. The monoisotopic (exact) mass is 252 g/mol. The zero-order chi connectivity index (χ0) is 13.7. The van der Waals surface area contributed by atoms with E-state index in [4.69, 9.17) is 9.47 Å². The summed E-state index contributed by atoms with van der Waals surface area (Å²) in [7, 11) is 0. The number of allylic oxidation sites excluding steroid dienone is 1. The average Bonchev–Trinajstić information content (AvgIpc) is 2.28. The third-order valence-electron chi connectivity index (χ3n) is 3.06. The van der Waals surface area contributed by atoms with Gasteiger partial charge in [0.1, 0.15) is 6.10 Å². The molecule has 1 heterocycles. The molecule has 0 saturated carbocycles. The highest BCUT2D eigenvalue weighted by Crippen LogP contribution is 2.33. The van der Waals surface area contributed by atoms with Crippen molar-refractivity contribution in [3.63, 3.8) is 0 Å². The van der Waals surface area contributed by atoms with Gasteiger partial charge in [0.25, 0.3) is 0 Å². The standard InChI is InChI=1S/C14H20O4/c1-5-7-10-8-11(9(3)4)12(14(16)18-10)13(15)17-6-2/h5,10-12H,1,3,6-8H2,2,4H3/t10-,11-,12?/m0/s1. The van der Waals surface area contributed by atoms with Gasteiger partial charge in [0.15, 0.2) is 5.92 Å². The number of esters is 2. The summed E-state index contributed by atoms with van der Waals surface area (Å²) >= 11 is 0. The van der Waals surface area contributed by atoms with Gasteiger partial charge < -0.3 is 9.47 Å². The van der Waals surface area contributed by atoms with Crippen LogP contribution in [0.5, 0.6) is 0 Å². The maximum absolute atomic E-state index is 11.9. The van der Waals surface area contributed by atoms with E-state index < -0.39 is 17.9 Å². The molecule has 0 N–H and O–H groups in total. The average molecular weight is 252 g/mol. The van der Waals surface area contributed by atoms with Crippen LogP contribution in [0.15, 0.2) is 24.8 Å². The lowest BCUT2D eigenvalue weighted by molar-refractivity contribution is -0.174. The first-order valence-corrected chi connectivity index (χ1v) is 6.14. The van der Waals surface area contributed by atoms with Crippen LogP contribution in [0.25, 0.3) is 0 Å². The summed E-state index contributed by atoms with van der Waals surface area (Å²) in [4.78, 5) is 23.7. The molecule has 1 fully saturated rings. The highest BCUT2D eigenvalue weighted by atomic mass is 16.6. The van der Waals surface area contributed by atoms with Crippen LogP contribution < -0.4 is 0 Å². The number of cyclic esters (lactones) is 1. The van der Waals surface area contributed by atoms with Crippen molar-refractivity contribution in [3.8, 4) is 0 Å². The molecule has 1 rings (SSSR count). The highest BCUT2D eigenvalue weighted by molar-refractivity contribution is 5.96. The lowest BCUT2D eigenvalue weighted by atomic mass is 9.80. The van der Waals surface area contributed by atoms with E-state index in [-0.39, 0.29) is 18.6 Å². The Morgan fingerprint density at radius 2 is 2.28 bits per heavy atom. The van der Waals surface area contributed by atoms with Gasteiger partial charge >= 0.3 is 11.9 Å². The van der Waals surface area contributed by atoms with E-state index in [0.29, 0.717) is 12.8 Å². The summed E-state index contributed by atoms with van der Waals surface area (Å²) in [5.74, 6) is -2.12. The number of hydrogen-bond acceptors (Lipinski definition) is 4. The van der Waals surface area contributed by atoms with Crippen LogP contribution in [-0.4, -0.2) is 24.6 Å². The first-order chi connectivity index (χ1) is 8.51. The first kappa shape index (κ1) is 14.5. The molecule has 0 spiro atoms. The molecule has 0 aromatic rings. The maximum Gasteiger partial charge on any atom is 0.321 e. The van der Waals surface area contributed by atoms with E-state index in [1.807, 2.05) is 6.92 Å². The molecule has 0 bridgehead atoms. The van der Waals surface area contributed by atoms with Gasteiger partial charge in [0.2, 0.25) is 0 Å². The van der Waals surface area contributed by atoms with Gasteiger partial charge in [0, 0.05) is 12.3 Å². The molecule has 0 radical (unpaired) electrons. The van der Waals surface area contributed by atoms with Crippen LogP contribution in [-0.2, 0) is 19.1 Å². The molecule has 1 unspecified atom stereocenters. The van der Waals surface area contributed by atoms with Crippen molar-refractivity contribution >= 4 is 11.9 Å². The third-order valence-corrected chi connectivity index (χ3v) is 3.06. The predicted octanol–water partition coefficient (Wildman–Crippen LogP) is 2.25.